The molecular formula is C19H20ClFN2O4. The number of amides is 1. The second kappa shape index (κ2) is 8.81. The number of aromatic nitrogens is 1. The van der Waals surface area contributed by atoms with E-state index in [0.29, 0.717) is 13.1 Å². The van der Waals surface area contributed by atoms with Crippen molar-refractivity contribution in [1.82, 2.24) is 10.1 Å². The van der Waals surface area contributed by atoms with Crippen LogP contribution in [0.25, 0.3) is 11.3 Å². The van der Waals surface area contributed by atoms with Crippen molar-refractivity contribution >= 4 is 23.5 Å². The lowest BCUT2D eigenvalue weighted by atomic mass is 10.1. The topological polar surface area (TPSA) is 72.6 Å². The lowest BCUT2D eigenvalue weighted by molar-refractivity contribution is -0.133. The van der Waals surface area contributed by atoms with Gasteiger partial charge in [-0.3, -0.25) is 4.79 Å². The van der Waals surface area contributed by atoms with Crippen LogP contribution in [0.4, 0.5) is 4.39 Å². The molecule has 1 aromatic carbocycles. The standard InChI is InChI=1S/C19H20ClFN2O4/c1-5-23(9-11(2)3)15(24)10-26-19(25)16-12(4)27-22-18(16)17-13(20)7-6-8-14(17)21/h6-8H,2,5,9-10H2,1,3-4H3. The molecule has 0 aliphatic rings. The minimum Gasteiger partial charge on any atom is -0.452 e. The lowest BCUT2D eigenvalue weighted by Crippen LogP contribution is -2.35. The maximum atomic E-state index is 14.2. The summed E-state index contributed by atoms with van der Waals surface area (Å²) in [5.74, 6) is -1.73. The van der Waals surface area contributed by atoms with Crippen LogP contribution in [0, 0.1) is 12.7 Å². The monoisotopic (exact) mass is 394 g/mol. The summed E-state index contributed by atoms with van der Waals surface area (Å²) in [6.07, 6.45) is 0. The van der Waals surface area contributed by atoms with E-state index in [-0.39, 0.29) is 33.5 Å². The number of carbonyl (C=O) groups is 2. The number of carbonyl (C=O) groups excluding carboxylic acids is 2. The average molecular weight is 395 g/mol. The number of halogens is 2. The fourth-order valence-corrected chi connectivity index (χ4v) is 2.75. The second-order valence-electron chi connectivity index (χ2n) is 6.00. The number of aryl methyl sites for hydroxylation is 1. The summed E-state index contributed by atoms with van der Waals surface area (Å²) in [5.41, 5.74) is 0.606. The van der Waals surface area contributed by atoms with Gasteiger partial charge in [0.2, 0.25) is 0 Å². The number of nitrogens with zero attached hydrogens (tertiary/aromatic N) is 2. The van der Waals surface area contributed by atoms with Crippen LogP contribution >= 0.6 is 11.6 Å². The lowest BCUT2D eigenvalue weighted by Gasteiger charge is -2.20. The van der Waals surface area contributed by atoms with Gasteiger partial charge < -0.3 is 14.2 Å². The molecule has 0 unspecified atom stereocenters. The Balaban J connectivity index is 2.22. The molecule has 0 fully saturated rings. The van der Waals surface area contributed by atoms with E-state index in [1.54, 1.807) is 6.92 Å². The average Bonchev–Trinajstić information content (AvgIpc) is 2.98. The van der Waals surface area contributed by atoms with Gasteiger partial charge in [0.25, 0.3) is 5.91 Å². The van der Waals surface area contributed by atoms with Crippen molar-refractivity contribution < 1.29 is 23.2 Å². The first-order valence-corrected chi connectivity index (χ1v) is 8.64. The minimum atomic E-state index is -0.845. The molecule has 27 heavy (non-hydrogen) atoms. The van der Waals surface area contributed by atoms with E-state index >= 15 is 0 Å². The van der Waals surface area contributed by atoms with Gasteiger partial charge >= 0.3 is 5.97 Å². The smallest absolute Gasteiger partial charge is 0.344 e. The highest BCUT2D eigenvalue weighted by molar-refractivity contribution is 6.33. The Morgan fingerprint density at radius 2 is 2.11 bits per heavy atom. The highest BCUT2D eigenvalue weighted by Gasteiger charge is 2.27. The Morgan fingerprint density at radius 1 is 1.41 bits per heavy atom. The zero-order valence-electron chi connectivity index (χ0n) is 15.3. The molecule has 1 amide bonds. The van der Waals surface area contributed by atoms with Gasteiger partial charge in [-0.15, -0.1) is 0 Å². The van der Waals surface area contributed by atoms with E-state index in [2.05, 4.69) is 11.7 Å². The Hall–Kier alpha value is -2.67. The van der Waals surface area contributed by atoms with Crippen molar-refractivity contribution in [2.24, 2.45) is 0 Å². The number of hydrogen-bond acceptors (Lipinski definition) is 5. The van der Waals surface area contributed by atoms with Crippen LogP contribution in [-0.4, -0.2) is 41.6 Å². The predicted octanol–water partition coefficient (Wildman–Crippen LogP) is 4.02. The molecule has 2 aromatic rings. The summed E-state index contributed by atoms with van der Waals surface area (Å²) in [5, 5.41) is 3.82. The highest BCUT2D eigenvalue weighted by Crippen LogP contribution is 2.33. The van der Waals surface area contributed by atoms with Gasteiger partial charge in [-0.05, 0) is 32.9 Å². The largest absolute Gasteiger partial charge is 0.452 e. The maximum absolute atomic E-state index is 14.2. The molecule has 0 spiro atoms. The van der Waals surface area contributed by atoms with Crippen LogP contribution in [-0.2, 0) is 9.53 Å². The van der Waals surface area contributed by atoms with E-state index in [9.17, 15) is 14.0 Å². The summed E-state index contributed by atoms with van der Waals surface area (Å²) in [7, 11) is 0. The molecule has 144 valence electrons. The SMILES string of the molecule is C=C(C)CN(CC)C(=O)COC(=O)c1c(-c2c(F)cccc2Cl)noc1C. The molecule has 2 rings (SSSR count). The predicted molar refractivity (Wildman–Crippen MR) is 99.0 cm³/mol. The Morgan fingerprint density at radius 3 is 2.70 bits per heavy atom. The molecule has 0 radical (unpaired) electrons. The van der Waals surface area contributed by atoms with Crippen molar-refractivity contribution in [3.63, 3.8) is 0 Å². The molecule has 0 saturated heterocycles. The molecule has 0 N–H and O–H groups in total. The van der Waals surface area contributed by atoms with Gasteiger partial charge in [0, 0.05) is 13.1 Å². The Kier molecular flexibility index (Phi) is 6.74. The van der Waals surface area contributed by atoms with Crippen LogP contribution in [0.3, 0.4) is 0 Å². The van der Waals surface area contributed by atoms with E-state index in [1.165, 1.54) is 30.0 Å². The van der Waals surface area contributed by atoms with Gasteiger partial charge in [-0.2, -0.15) is 0 Å². The first-order chi connectivity index (χ1) is 12.8. The number of benzene rings is 1. The molecule has 0 aliphatic heterocycles. The molecule has 0 bridgehead atoms. The van der Waals surface area contributed by atoms with E-state index in [0.717, 1.165) is 5.57 Å². The van der Waals surface area contributed by atoms with Crippen LogP contribution in [0.1, 0.15) is 30.0 Å². The normalized spacial score (nSPS) is 10.6. The van der Waals surface area contributed by atoms with Crippen LogP contribution in [0.5, 0.6) is 0 Å². The summed E-state index contributed by atoms with van der Waals surface area (Å²) < 4.78 is 24.3. The third-order valence-electron chi connectivity index (χ3n) is 3.79. The summed E-state index contributed by atoms with van der Waals surface area (Å²) in [6.45, 7) is 9.22. The number of hydrogen-bond donors (Lipinski definition) is 0. The van der Waals surface area contributed by atoms with Crippen molar-refractivity contribution in [2.45, 2.75) is 20.8 Å². The van der Waals surface area contributed by atoms with Gasteiger partial charge in [0.1, 0.15) is 22.8 Å². The first-order valence-electron chi connectivity index (χ1n) is 8.26. The van der Waals surface area contributed by atoms with E-state index < -0.39 is 18.4 Å². The van der Waals surface area contributed by atoms with Crippen molar-refractivity contribution in [3.8, 4) is 11.3 Å². The highest BCUT2D eigenvalue weighted by atomic mass is 35.5. The quantitative estimate of drug-likeness (QED) is 0.523. The van der Waals surface area contributed by atoms with E-state index in [1.807, 2.05) is 6.92 Å². The minimum absolute atomic E-state index is 0.0632. The number of likely N-dealkylation sites (N-methyl/N-ethyl adjacent to an activating group) is 1. The molecule has 8 heteroatoms. The Labute approximate surface area is 161 Å². The number of esters is 1. The van der Waals surface area contributed by atoms with Crippen molar-refractivity contribution in [2.75, 3.05) is 19.7 Å². The molecule has 0 aliphatic carbocycles. The Bertz CT molecular complexity index is 858. The molecule has 0 atom stereocenters. The summed E-state index contributed by atoms with van der Waals surface area (Å²) in [4.78, 5) is 26.2. The van der Waals surface area contributed by atoms with Gasteiger partial charge in [-0.25, -0.2) is 9.18 Å². The van der Waals surface area contributed by atoms with E-state index in [4.69, 9.17) is 20.9 Å². The first kappa shape index (κ1) is 20.6. The van der Waals surface area contributed by atoms with Gasteiger partial charge in [0.15, 0.2) is 6.61 Å². The zero-order valence-corrected chi connectivity index (χ0v) is 16.1. The fraction of sp³-hybridized carbons (Fsp3) is 0.316. The van der Waals surface area contributed by atoms with Crippen LogP contribution in [0.15, 0.2) is 34.9 Å². The molecule has 0 saturated carbocycles. The van der Waals surface area contributed by atoms with Gasteiger partial charge in [-0.1, -0.05) is 35.0 Å². The van der Waals surface area contributed by atoms with Crippen molar-refractivity contribution in [3.05, 3.63) is 52.5 Å². The third kappa shape index (κ3) is 4.74. The van der Waals surface area contributed by atoms with Crippen LogP contribution < -0.4 is 0 Å². The van der Waals surface area contributed by atoms with Crippen LogP contribution in [0.2, 0.25) is 5.02 Å². The van der Waals surface area contributed by atoms with Crippen molar-refractivity contribution in [1.29, 1.82) is 0 Å². The molecular weight excluding hydrogens is 375 g/mol. The third-order valence-corrected chi connectivity index (χ3v) is 4.10. The fourth-order valence-electron chi connectivity index (χ4n) is 2.50. The van der Waals surface area contributed by atoms with Gasteiger partial charge in [0.05, 0.1) is 10.6 Å². The summed E-state index contributed by atoms with van der Waals surface area (Å²) in [6, 6.07) is 4.10. The zero-order chi connectivity index (χ0) is 20.1. The molecule has 1 heterocycles. The second-order valence-corrected chi connectivity index (χ2v) is 6.41. The summed E-state index contributed by atoms with van der Waals surface area (Å²) >= 11 is 6.04. The number of ether oxygens (including phenoxy) is 1. The number of rotatable bonds is 7. The molecule has 1 aromatic heterocycles. The molecule has 6 nitrogen and oxygen atoms in total. The maximum Gasteiger partial charge on any atom is 0.344 e.